The lowest BCUT2D eigenvalue weighted by Crippen LogP contribution is -2.22. The minimum Gasteiger partial charge on any atom is -0.493 e. The predicted octanol–water partition coefficient (Wildman–Crippen LogP) is 3.98. The van der Waals surface area contributed by atoms with Crippen LogP contribution in [0.25, 0.3) is 6.08 Å². The Morgan fingerprint density at radius 2 is 2.00 bits per heavy atom. The third-order valence-corrected chi connectivity index (χ3v) is 5.27. The number of hydrogen-bond acceptors (Lipinski definition) is 7. The van der Waals surface area contributed by atoms with Gasteiger partial charge in [0, 0.05) is 18.2 Å². The molecule has 0 spiro atoms. The number of nitrogens with zero attached hydrogens (tertiary/aromatic N) is 1. The number of fused-ring (bicyclic) bond motifs is 1. The lowest BCUT2D eigenvalue weighted by Gasteiger charge is -2.20. The Labute approximate surface area is 192 Å². The number of nitrogens with one attached hydrogen (secondary N) is 1. The minimum absolute atomic E-state index is 0.220. The zero-order valence-corrected chi connectivity index (χ0v) is 18.8. The van der Waals surface area contributed by atoms with E-state index in [4.69, 9.17) is 23.5 Å². The number of rotatable bonds is 8. The second-order valence-corrected chi connectivity index (χ2v) is 7.49. The summed E-state index contributed by atoms with van der Waals surface area (Å²) in [5.41, 5.74) is 3.39. The monoisotopic (exact) mass is 450 g/mol. The van der Waals surface area contributed by atoms with Crippen molar-refractivity contribution in [2.45, 2.75) is 27.0 Å². The summed E-state index contributed by atoms with van der Waals surface area (Å²) in [7, 11) is 1.57. The number of hydrogen-bond donors (Lipinski definition) is 1. The highest BCUT2D eigenvalue weighted by Crippen LogP contribution is 2.33. The summed E-state index contributed by atoms with van der Waals surface area (Å²) >= 11 is 0. The van der Waals surface area contributed by atoms with Crippen LogP contribution < -0.4 is 24.3 Å². The Hall–Kier alpha value is -3.94. The number of benzene rings is 2. The fraction of sp³-hybridized carbons (Fsp3) is 0.280. The largest absolute Gasteiger partial charge is 0.493 e. The first-order chi connectivity index (χ1) is 16.0. The molecule has 2 aromatic carbocycles. The molecule has 8 heteroatoms. The number of aryl methyl sites for hydroxylation is 2. The van der Waals surface area contributed by atoms with Crippen molar-refractivity contribution in [1.82, 2.24) is 10.5 Å². The van der Waals surface area contributed by atoms with Gasteiger partial charge in [0.1, 0.15) is 25.6 Å². The van der Waals surface area contributed by atoms with Crippen molar-refractivity contribution in [3.63, 3.8) is 0 Å². The zero-order chi connectivity index (χ0) is 23.2. The molecule has 0 saturated heterocycles. The van der Waals surface area contributed by atoms with E-state index < -0.39 is 0 Å². The highest BCUT2D eigenvalue weighted by atomic mass is 16.6. The Bertz CT molecular complexity index is 1150. The van der Waals surface area contributed by atoms with Gasteiger partial charge in [0.05, 0.1) is 18.4 Å². The smallest absolute Gasteiger partial charge is 0.244 e. The lowest BCUT2D eigenvalue weighted by atomic mass is 10.1. The maximum Gasteiger partial charge on any atom is 0.244 e. The standard InChI is InChI=1S/C25H26N2O6/c1-16-20(17(2)33-27-16)15-32-21-9-7-18(13-23(21)29-3)8-10-24(28)26-14-19-5-4-6-22-25(19)31-12-11-30-22/h4-10,13H,11-12,14-15H2,1-3H3,(H,26,28)/b10-8+. The molecule has 0 aliphatic carbocycles. The van der Waals surface area contributed by atoms with Crippen LogP contribution in [0.2, 0.25) is 0 Å². The normalized spacial score (nSPS) is 12.6. The van der Waals surface area contributed by atoms with Gasteiger partial charge in [-0.15, -0.1) is 0 Å². The fourth-order valence-corrected chi connectivity index (χ4v) is 3.45. The van der Waals surface area contributed by atoms with Crippen LogP contribution in [-0.2, 0) is 17.9 Å². The third-order valence-electron chi connectivity index (χ3n) is 5.27. The molecule has 4 rings (SSSR count). The van der Waals surface area contributed by atoms with Crippen LogP contribution in [0.5, 0.6) is 23.0 Å². The summed E-state index contributed by atoms with van der Waals surface area (Å²) in [5, 5.41) is 6.81. The number of ether oxygens (including phenoxy) is 4. The lowest BCUT2D eigenvalue weighted by molar-refractivity contribution is -0.116. The van der Waals surface area contributed by atoms with E-state index in [1.807, 2.05) is 50.2 Å². The number of aromatic nitrogens is 1. The van der Waals surface area contributed by atoms with Gasteiger partial charge in [0.2, 0.25) is 5.91 Å². The van der Waals surface area contributed by atoms with Crippen molar-refractivity contribution in [3.8, 4) is 23.0 Å². The number of para-hydroxylation sites is 1. The maximum atomic E-state index is 12.3. The summed E-state index contributed by atoms with van der Waals surface area (Å²) in [5.74, 6) is 3.05. The number of methoxy groups -OCH3 is 1. The van der Waals surface area contributed by atoms with Crippen LogP contribution in [0.15, 0.2) is 47.0 Å². The van der Waals surface area contributed by atoms with Gasteiger partial charge in [-0.3, -0.25) is 4.79 Å². The molecular formula is C25H26N2O6. The van der Waals surface area contributed by atoms with Gasteiger partial charge in [0.15, 0.2) is 23.0 Å². The third kappa shape index (κ3) is 5.28. The van der Waals surface area contributed by atoms with E-state index in [9.17, 15) is 4.79 Å². The van der Waals surface area contributed by atoms with Crippen molar-refractivity contribution < 1.29 is 28.3 Å². The predicted molar refractivity (Wildman–Crippen MR) is 122 cm³/mol. The first-order valence-electron chi connectivity index (χ1n) is 10.6. The maximum absolute atomic E-state index is 12.3. The van der Waals surface area contributed by atoms with E-state index in [1.165, 1.54) is 6.08 Å². The van der Waals surface area contributed by atoms with Gasteiger partial charge >= 0.3 is 0 Å². The van der Waals surface area contributed by atoms with Crippen LogP contribution >= 0.6 is 0 Å². The molecule has 8 nitrogen and oxygen atoms in total. The van der Waals surface area contributed by atoms with Crippen LogP contribution in [-0.4, -0.2) is 31.4 Å². The SMILES string of the molecule is COc1cc(/C=C/C(=O)NCc2cccc3c2OCCO3)ccc1OCc1c(C)noc1C. The molecule has 1 aliphatic heterocycles. The molecule has 0 radical (unpaired) electrons. The van der Waals surface area contributed by atoms with Crippen molar-refractivity contribution in [1.29, 1.82) is 0 Å². The quantitative estimate of drug-likeness (QED) is 0.519. The molecule has 1 aliphatic rings. The summed E-state index contributed by atoms with van der Waals surface area (Å²) in [6.07, 6.45) is 3.20. The van der Waals surface area contributed by atoms with Crippen molar-refractivity contribution in [3.05, 3.63) is 70.6 Å². The van der Waals surface area contributed by atoms with E-state index in [0.29, 0.717) is 49.4 Å². The molecule has 1 aromatic heterocycles. The summed E-state index contributed by atoms with van der Waals surface area (Å²) < 4.78 is 27.8. The second kappa shape index (κ2) is 10.1. The molecule has 0 saturated carbocycles. The minimum atomic E-state index is -0.220. The van der Waals surface area contributed by atoms with E-state index in [1.54, 1.807) is 13.2 Å². The first kappa shape index (κ1) is 22.3. The van der Waals surface area contributed by atoms with Crippen molar-refractivity contribution >= 4 is 12.0 Å². The first-order valence-corrected chi connectivity index (χ1v) is 10.6. The average Bonchev–Trinajstić information content (AvgIpc) is 3.17. The van der Waals surface area contributed by atoms with Crippen molar-refractivity contribution in [2.24, 2.45) is 0 Å². The molecule has 0 unspecified atom stereocenters. The van der Waals surface area contributed by atoms with Gasteiger partial charge in [-0.2, -0.15) is 0 Å². The molecule has 1 amide bonds. The van der Waals surface area contributed by atoms with Gasteiger partial charge in [-0.25, -0.2) is 0 Å². The van der Waals surface area contributed by atoms with Crippen LogP contribution in [0.3, 0.4) is 0 Å². The van der Waals surface area contributed by atoms with Gasteiger partial charge < -0.3 is 28.8 Å². The van der Waals surface area contributed by atoms with E-state index in [2.05, 4.69) is 10.5 Å². The van der Waals surface area contributed by atoms with E-state index >= 15 is 0 Å². The Morgan fingerprint density at radius 1 is 1.15 bits per heavy atom. The zero-order valence-electron chi connectivity index (χ0n) is 18.8. The fourth-order valence-electron chi connectivity index (χ4n) is 3.45. The second-order valence-electron chi connectivity index (χ2n) is 7.49. The Kier molecular flexibility index (Phi) is 6.83. The van der Waals surface area contributed by atoms with Gasteiger partial charge in [-0.05, 0) is 43.7 Å². The molecule has 33 heavy (non-hydrogen) atoms. The van der Waals surface area contributed by atoms with E-state index in [0.717, 1.165) is 28.1 Å². The molecule has 0 fully saturated rings. The summed E-state index contributed by atoms with van der Waals surface area (Å²) in [6, 6.07) is 11.1. The van der Waals surface area contributed by atoms with E-state index in [-0.39, 0.29) is 5.91 Å². The van der Waals surface area contributed by atoms with Crippen LogP contribution in [0.1, 0.15) is 28.1 Å². The number of carbonyl (C=O) groups is 1. The molecule has 3 aromatic rings. The molecule has 2 heterocycles. The Morgan fingerprint density at radius 3 is 2.79 bits per heavy atom. The summed E-state index contributed by atoms with van der Waals surface area (Å²) in [6.45, 7) is 5.41. The molecule has 0 bridgehead atoms. The number of amides is 1. The topological polar surface area (TPSA) is 92.1 Å². The highest BCUT2D eigenvalue weighted by molar-refractivity contribution is 5.91. The van der Waals surface area contributed by atoms with Gasteiger partial charge in [-0.1, -0.05) is 23.4 Å². The van der Waals surface area contributed by atoms with Crippen LogP contribution in [0, 0.1) is 13.8 Å². The van der Waals surface area contributed by atoms with Gasteiger partial charge in [0.25, 0.3) is 0 Å². The van der Waals surface area contributed by atoms with Crippen LogP contribution in [0.4, 0.5) is 0 Å². The summed E-state index contributed by atoms with van der Waals surface area (Å²) in [4.78, 5) is 12.3. The average molecular weight is 450 g/mol. The molecule has 0 atom stereocenters. The number of carbonyl (C=O) groups excluding carboxylic acids is 1. The van der Waals surface area contributed by atoms with Crippen molar-refractivity contribution in [2.75, 3.05) is 20.3 Å². The molecular weight excluding hydrogens is 424 g/mol. The molecule has 1 N–H and O–H groups in total. The molecule has 172 valence electrons. The highest BCUT2D eigenvalue weighted by Gasteiger charge is 2.16. The Balaban J connectivity index is 1.36.